The molecule has 1 fully saturated rings. The average molecular weight is 437 g/mol. The Morgan fingerprint density at radius 3 is 2.47 bits per heavy atom. The number of aromatic nitrogens is 3. The van der Waals surface area contributed by atoms with Gasteiger partial charge in [-0.15, -0.1) is 0 Å². The van der Waals surface area contributed by atoms with Crippen LogP contribution in [0, 0.1) is 0 Å². The van der Waals surface area contributed by atoms with Crippen molar-refractivity contribution in [1.82, 2.24) is 19.9 Å². The quantitative estimate of drug-likeness (QED) is 0.608. The molecule has 1 aliphatic rings. The molecule has 0 aliphatic carbocycles. The summed E-state index contributed by atoms with van der Waals surface area (Å²) in [6.45, 7) is 2.55. The van der Waals surface area contributed by atoms with Crippen molar-refractivity contribution in [2.45, 2.75) is 25.3 Å². The fraction of sp³-hybridized carbons (Fsp3) is 0.375. The molecule has 0 unspecified atom stereocenters. The molecule has 2 aromatic heterocycles. The van der Waals surface area contributed by atoms with Crippen molar-refractivity contribution in [2.75, 3.05) is 34.4 Å². The van der Waals surface area contributed by atoms with Gasteiger partial charge in [0.25, 0.3) is 5.56 Å². The zero-order valence-electron chi connectivity index (χ0n) is 18.6. The van der Waals surface area contributed by atoms with Gasteiger partial charge in [-0.3, -0.25) is 14.7 Å². The van der Waals surface area contributed by atoms with Gasteiger partial charge in [-0.2, -0.15) is 0 Å². The summed E-state index contributed by atoms with van der Waals surface area (Å²) in [5, 5.41) is 0. The first-order chi connectivity index (χ1) is 15.6. The Bertz CT molecular complexity index is 1110. The highest BCUT2D eigenvalue weighted by Gasteiger charge is 2.24. The van der Waals surface area contributed by atoms with Gasteiger partial charge in [0.2, 0.25) is 5.75 Å². The number of ether oxygens (including phenoxy) is 3. The summed E-state index contributed by atoms with van der Waals surface area (Å²) in [4.78, 5) is 26.5. The number of nitrogens with one attached hydrogen (secondary N) is 1. The number of aromatic amines is 1. The van der Waals surface area contributed by atoms with E-state index in [9.17, 15) is 4.79 Å². The van der Waals surface area contributed by atoms with Gasteiger partial charge >= 0.3 is 0 Å². The van der Waals surface area contributed by atoms with E-state index < -0.39 is 0 Å². The van der Waals surface area contributed by atoms with Gasteiger partial charge in [-0.1, -0.05) is 12.1 Å². The van der Waals surface area contributed by atoms with Gasteiger partial charge < -0.3 is 19.2 Å². The molecular weight excluding hydrogens is 408 g/mol. The molecule has 0 spiro atoms. The van der Waals surface area contributed by atoms with Crippen molar-refractivity contribution in [3.63, 3.8) is 0 Å². The molecule has 1 aromatic carbocycles. The smallest absolute Gasteiger partial charge is 0.251 e. The summed E-state index contributed by atoms with van der Waals surface area (Å²) in [6.07, 6.45) is 3.55. The predicted molar refractivity (Wildman–Crippen MR) is 121 cm³/mol. The molecule has 8 heteroatoms. The molecule has 168 valence electrons. The van der Waals surface area contributed by atoms with E-state index in [4.69, 9.17) is 19.2 Å². The van der Waals surface area contributed by atoms with Crippen molar-refractivity contribution in [2.24, 2.45) is 0 Å². The highest BCUT2D eigenvalue weighted by atomic mass is 16.5. The molecule has 1 aliphatic heterocycles. The zero-order valence-corrected chi connectivity index (χ0v) is 18.6. The number of piperidine rings is 1. The van der Waals surface area contributed by atoms with Crippen LogP contribution in [0.2, 0.25) is 0 Å². The Kier molecular flexibility index (Phi) is 6.70. The second-order valence-corrected chi connectivity index (χ2v) is 7.78. The van der Waals surface area contributed by atoms with E-state index in [2.05, 4.69) is 14.9 Å². The molecule has 3 aromatic rings. The summed E-state index contributed by atoms with van der Waals surface area (Å²) < 4.78 is 16.5. The second-order valence-electron chi connectivity index (χ2n) is 7.78. The first kappa shape index (κ1) is 21.8. The molecule has 1 N–H and O–H groups in total. The monoisotopic (exact) mass is 436 g/mol. The van der Waals surface area contributed by atoms with Gasteiger partial charge in [0.15, 0.2) is 17.3 Å². The summed E-state index contributed by atoms with van der Waals surface area (Å²) in [5.74, 6) is 2.71. The summed E-state index contributed by atoms with van der Waals surface area (Å²) >= 11 is 0. The SMILES string of the molecule is COc1ccc(CN2CCC(c3cc(=O)[nH]c(-c4ccccn4)n3)CC2)c(OC)c1OC. The molecule has 0 saturated carbocycles. The van der Waals surface area contributed by atoms with E-state index in [0.717, 1.165) is 43.7 Å². The van der Waals surface area contributed by atoms with Crippen LogP contribution >= 0.6 is 0 Å². The van der Waals surface area contributed by atoms with Crippen LogP contribution in [0.3, 0.4) is 0 Å². The lowest BCUT2D eigenvalue weighted by molar-refractivity contribution is 0.200. The van der Waals surface area contributed by atoms with Crippen molar-refractivity contribution in [3.8, 4) is 28.8 Å². The number of methoxy groups -OCH3 is 3. The number of hydrogen-bond donors (Lipinski definition) is 1. The minimum atomic E-state index is -0.145. The molecule has 1 saturated heterocycles. The molecule has 8 nitrogen and oxygen atoms in total. The minimum Gasteiger partial charge on any atom is -0.493 e. The fourth-order valence-electron chi connectivity index (χ4n) is 4.23. The standard InChI is InChI=1S/C24H28N4O4/c1-30-20-8-7-17(22(31-2)23(20)32-3)15-28-12-9-16(10-13-28)19-14-21(29)27-24(26-19)18-6-4-5-11-25-18/h4-8,11,14,16H,9-10,12-13,15H2,1-3H3,(H,26,27,29). The maximum atomic E-state index is 12.2. The van der Waals surface area contributed by atoms with Crippen LogP contribution in [0.4, 0.5) is 0 Å². The van der Waals surface area contributed by atoms with Crippen LogP contribution in [0.1, 0.15) is 30.0 Å². The molecule has 0 bridgehead atoms. The number of pyridine rings is 1. The number of H-pyrrole nitrogens is 1. The van der Waals surface area contributed by atoms with Gasteiger partial charge in [0.05, 0.1) is 27.0 Å². The highest BCUT2D eigenvalue weighted by Crippen LogP contribution is 2.40. The van der Waals surface area contributed by atoms with Crippen LogP contribution in [-0.2, 0) is 6.54 Å². The maximum absolute atomic E-state index is 12.2. The third kappa shape index (κ3) is 4.60. The first-order valence-electron chi connectivity index (χ1n) is 10.7. The summed E-state index contributed by atoms with van der Waals surface area (Å²) in [6, 6.07) is 11.1. The highest BCUT2D eigenvalue weighted by molar-refractivity contribution is 5.55. The minimum absolute atomic E-state index is 0.145. The van der Waals surface area contributed by atoms with E-state index in [1.54, 1.807) is 33.6 Å². The van der Waals surface area contributed by atoms with Crippen molar-refractivity contribution in [1.29, 1.82) is 0 Å². The van der Waals surface area contributed by atoms with Crippen molar-refractivity contribution >= 4 is 0 Å². The Hall–Kier alpha value is -3.39. The molecule has 0 radical (unpaired) electrons. The zero-order chi connectivity index (χ0) is 22.5. The summed E-state index contributed by atoms with van der Waals surface area (Å²) in [5.41, 5.74) is 2.41. The number of nitrogens with zero attached hydrogens (tertiary/aromatic N) is 3. The largest absolute Gasteiger partial charge is 0.493 e. The Morgan fingerprint density at radius 2 is 1.81 bits per heavy atom. The maximum Gasteiger partial charge on any atom is 0.251 e. The summed E-state index contributed by atoms with van der Waals surface area (Å²) in [7, 11) is 4.87. The van der Waals surface area contributed by atoms with E-state index in [1.165, 1.54) is 0 Å². The Morgan fingerprint density at radius 1 is 1.03 bits per heavy atom. The lowest BCUT2D eigenvalue weighted by Crippen LogP contribution is -2.33. The fourth-order valence-corrected chi connectivity index (χ4v) is 4.23. The molecule has 3 heterocycles. The van der Waals surface area contributed by atoms with E-state index >= 15 is 0 Å². The number of rotatable bonds is 7. The Balaban J connectivity index is 1.47. The molecule has 4 rings (SSSR count). The van der Waals surface area contributed by atoms with E-state index in [-0.39, 0.29) is 11.5 Å². The number of benzene rings is 1. The average Bonchev–Trinajstić information content (AvgIpc) is 2.84. The van der Waals surface area contributed by atoms with Crippen molar-refractivity contribution in [3.05, 3.63) is 64.2 Å². The van der Waals surface area contributed by atoms with Gasteiger partial charge in [0, 0.05) is 30.3 Å². The molecule has 0 amide bonds. The lowest BCUT2D eigenvalue weighted by atomic mass is 9.93. The predicted octanol–water partition coefficient (Wildman–Crippen LogP) is 3.24. The third-order valence-electron chi connectivity index (χ3n) is 5.85. The second kappa shape index (κ2) is 9.82. The van der Waals surface area contributed by atoms with Crippen LogP contribution < -0.4 is 19.8 Å². The lowest BCUT2D eigenvalue weighted by Gasteiger charge is -2.32. The van der Waals surface area contributed by atoms with Crippen LogP contribution in [0.25, 0.3) is 11.5 Å². The normalized spacial score (nSPS) is 14.8. The van der Waals surface area contributed by atoms with E-state index in [0.29, 0.717) is 28.8 Å². The van der Waals surface area contributed by atoms with Crippen molar-refractivity contribution < 1.29 is 14.2 Å². The Labute approximate surface area is 187 Å². The van der Waals surface area contributed by atoms with Crippen LogP contribution in [0.15, 0.2) is 47.4 Å². The van der Waals surface area contributed by atoms with Gasteiger partial charge in [0.1, 0.15) is 5.69 Å². The number of likely N-dealkylation sites (tertiary alicyclic amines) is 1. The van der Waals surface area contributed by atoms with Gasteiger partial charge in [-0.25, -0.2) is 4.98 Å². The molecule has 32 heavy (non-hydrogen) atoms. The van der Waals surface area contributed by atoms with Crippen LogP contribution in [0.5, 0.6) is 17.2 Å². The molecular formula is C24H28N4O4. The van der Waals surface area contributed by atoms with E-state index in [1.807, 2.05) is 30.3 Å². The van der Waals surface area contributed by atoms with Crippen LogP contribution in [-0.4, -0.2) is 54.3 Å². The number of hydrogen-bond acceptors (Lipinski definition) is 7. The third-order valence-corrected chi connectivity index (χ3v) is 5.85. The van der Waals surface area contributed by atoms with Gasteiger partial charge in [-0.05, 0) is 44.1 Å². The topological polar surface area (TPSA) is 89.6 Å². The molecule has 0 atom stereocenters. The first-order valence-corrected chi connectivity index (χ1v) is 10.7.